The Hall–Kier alpha value is -3.80. The molecule has 0 saturated heterocycles. The van der Waals surface area contributed by atoms with Crippen molar-refractivity contribution in [2.45, 2.75) is 17.4 Å². The van der Waals surface area contributed by atoms with Crippen molar-refractivity contribution in [2.24, 2.45) is 0 Å². The molecule has 1 amide bonds. The van der Waals surface area contributed by atoms with E-state index in [2.05, 4.69) is 15.0 Å². The summed E-state index contributed by atoms with van der Waals surface area (Å²) in [5.74, 6) is -0.564. The summed E-state index contributed by atoms with van der Waals surface area (Å²) in [7, 11) is -4.01. The summed E-state index contributed by atoms with van der Waals surface area (Å²) in [6.45, 7) is -0.212. The first-order chi connectivity index (χ1) is 15.5. The molecule has 160 valence electrons. The predicted molar refractivity (Wildman–Crippen MR) is 122 cm³/mol. The fraction of sp³-hybridized carbons (Fsp3) is 0.125. The zero-order valence-electron chi connectivity index (χ0n) is 17.0. The van der Waals surface area contributed by atoms with Gasteiger partial charge in [0.2, 0.25) is 15.9 Å². The Balaban J connectivity index is 1.64. The van der Waals surface area contributed by atoms with Crippen LogP contribution >= 0.6 is 0 Å². The molecule has 1 heterocycles. The lowest BCUT2D eigenvalue weighted by Gasteiger charge is -2.18. The molecule has 0 radical (unpaired) electrons. The van der Waals surface area contributed by atoms with E-state index in [4.69, 9.17) is 5.26 Å². The summed E-state index contributed by atoms with van der Waals surface area (Å²) in [4.78, 5) is 16.9. The number of amides is 1. The van der Waals surface area contributed by atoms with Crippen LogP contribution < -0.4 is 10.0 Å². The first-order valence-corrected chi connectivity index (χ1v) is 11.4. The van der Waals surface area contributed by atoms with Crippen LogP contribution in [-0.4, -0.2) is 31.9 Å². The third kappa shape index (κ3) is 4.75. The quantitative estimate of drug-likeness (QED) is 0.426. The SMILES string of the molecule is N#CCNC(=O)C(Cc1ccc2ccccc2c1)NS(=O)(=O)c1ccc2ncccc2c1. The standard InChI is InChI=1S/C24H20N4O3S/c25-11-13-27-24(29)23(15-17-7-8-18-4-1-2-5-19(18)14-17)28-32(30,31)21-9-10-22-20(16-21)6-3-12-26-22/h1-10,12,14,16,23,28H,13,15H2,(H,27,29). The molecule has 0 spiro atoms. The first-order valence-electron chi connectivity index (χ1n) is 9.96. The minimum atomic E-state index is -4.01. The average Bonchev–Trinajstić information content (AvgIpc) is 2.81. The van der Waals surface area contributed by atoms with Gasteiger partial charge in [0, 0.05) is 11.6 Å². The van der Waals surface area contributed by atoms with Crippen LogP contribution in [0.3, 0.4) is 0 Å². The lowest BCUT2D eigenvalue weighted by atomic mass is 10.0. The molecule has 2 N–H and O–H groups in total. The third-order valence-electron chi connectivity index (χ3n) is 5.09. The largest absolute Gasteiger partial charge is 0.342 e. The van der Waals surface area contributed by atoms with Gasteiger partial charge in [-0.2, -0.15) is 9.98 Å². The highest BCUT2D eigenvalue weighted by atomic mass is 32.2. The number of sulfonamides is 1. The fourth-order valence-corrected chi connectivity index (χ4v) is 4.75. The molecule has 0 saturated carbocycles. The molecule has 4 rings (SSSR count). The summed E-state index contributed by atoms with van der Waals surface area (Å²) < 4.78 is 28.7. The maximum Gasteiger partial charge on any atom is 0.241 e. The number of nitrogens with zero attached hydrogens (tertiary/aromatic N) is 2. The van der Waals surface area contributed by atoms with E-state index in [9.17, 15) is 13.2 Å². The molecule has 0 aliphatic carbocycles. The second kappa shape index (κ2) is 9.14. The maximum absolute atomic E-state index is 13.1. The van der Waals surface area contributed by atoms with Gasteiger partial charge >= 0.3 is 0 Å². The molecule has 32 heavy (non-hydrogen) atoms. The normalized spacial score (nSPS) is 12.3. The number of rotatable bonds is 7. The van der Waals surface area contributed by atoms with Crippen LogP contribution in [0.4, 0.5) is 0 Å². The van der Waals surface area contributed by atoms with E-state index < -0.39 is 22.0 Å². The highest BCUT2D eigenvalue weighted by Gasteiger charge is 2.26. The van der Waals surface area contributed by atoms with Gasteiger partial charge in [0.15, 0.2) is 0 Å². The van der Waals surface area contributed by atoms with Gasteiger partial charge in [0.1, 0.15) is 12.6 Å². The van der Waals surface area contributed by atoms with Gasteiger partial charge in [0.05, 0.1) is 16.5 Å². The molecule has 0 fully saturated rings. The number of carbonyl (C=O) groups is 1. The summed E-state index contributed by atoms with van der Waals surface area (Å²) in [5.41, 5.74) is 1.47. The van der Waals surface area contributed by atoms with Crippen LogP contribution in [0.1, 0.15) is 5.56 Å². The van der Waals surface area contributed by atoms with E-state index in [-0.39, 0.29) is 17.9 Å². The molecule has 1 unspecified atom stereocenters. The van der Waals surface area contributed by atoms with Crippen LogP contribution in [0.2, 0.25) is 0 Å². The van der Waals surface area contributed by atoms with Crippen molar-refractivity contribution in [3.05, 3.63) is 84.6 Å². The van der Waals surface area contributed by atoms with Gasteiger partial charge in [0.25, 0.3) is 0 Å². The van der Waals surface area contributed by atoms with Crippen LogP contribution in [-0.2, 0) is 21.2 Å². The van der Waals surface area contributed by atoms with Gasteiger partial charge in [-0.25, -0.2) is 8.42 Å². The number of nitrogens with one attached hydrogen (secondary N) is 2. The van der Waals surface area contributed by atoms with Gasteiger partial charge in [-0.05, 0) is 47.0 Å². The molecule has 4 aromatic rings. The van der Waals surface area contributed by atoms with Crippen molar-refractivity contribution in [3.8, 4) is 6.07 Å². The summed E-state index contributed by atoms with van der Waals surface area (Å²) >= 11 is 0. The molecule has 0 aliphatic rings. The Labute approximate surface area is 185 Å². The van der Waals surface area contributed by atoms with Crippen LogP contribution in [0.5, 0.6) is 0 Å². The molecule has 0 bridgehead atoms. The van der Waals surface area contributed by atoms with Gasteiger partial charge in [-0.1, -0.05) is 48.5 Å². The number of hydrogen-bond donors (Lipinski definition) is 2. The lowest BCUT2D eigenvalue weighted by molar-refractivity contribution is -0.122. The van der Waals surface area contributed by atoms with E-state index in [1.807, 2.05) is 48.5 Å². The number of pyridine rings is 1. The predicted octanol–water partition coefficient (Wildman–Crippen LogP) is 2.92. The minimum absolute atomic E-state index is 0.0367. The molecule has 0 aliphatic heterocycles. The van der Waals surface area contributed by atoms with Gasteiger partial charge < -0.3 is 5.32 Å². The Bertz CT molecular complexity index is 1440. The second-order valence-electron chi connectivity index (χ2n) is 7.29. The topological polar surface area (TPSA) is 112 Å². The zero-order chi connectivity index (χ0) is 22.6. The molecular formula is C24H20N4O3S. The third-order valence-corrected chi connectivity index (χ3v) is 6.56. The van der Waals surface area contributed by atoms with Crippen LogP contribution in [0, 0.1) is 11.3 Å². The average molecular weight is 445 g/mol. The second-order valence-corrected chi connectivity index (χ2v) is 9.01. The summed E-state index contributed by atoms with van der Waals surface area (Å²) in [6.07, 6.45) is 1.77. The minimum Gasteiger partial charge on any atom is -0.342 e. The Morgan fingerprint density at radius 3 is 2.56 bits per heavy atom. The van der Waals surface area contributed by atoms with Crippen molar-refractivity contribution < 1.29 is 13.2 Å². The molecule has 7 nitrogen and oxygen atoms in total. The van der Waals surface area contributed by atoms with Crippen molar-refractivity contribution in [1.82, 2.24) is 15.0 Å². The maximum atomic E-state index is 13.1. The van der Waals surface area contributed by atoms with Crippen molar-refractivity contribution in [3.63, 3.8) is 0 Å². The van der Waals surface area contributed by atoms with E-state index in [1.165, 1.54) is 12.1 Å². The number of benzene rings is 3. The molecule has 1 atom stereocenters. The Morgan fingerprint density at radius 2 is 1.75 bits per heavy atom. The number of fused-ring (bicyclic) bond motifs is 2. The number of hydrogen-bond acceptors (Lipinski definition) is 5. The fourth-order valence-electron chi connectivity index (χ4n) is 3.52. The van der Waals surface area contributed by atoms with Crippen molar-refractivity contribution in [1.29, 1.82) is 5.26 Å². The van der Waals surface area contributed by atoms with E-state index in [0.29, 0.717) is 10.9 Å². The lowest BCUT2D eigenvalue weighted by Crippen LogP contribution is -2.48. The summed E-state index contributed by atoms with van der Waals surface area (Å²) in [5, 5.41) is 14.0. The van der Waals surface area contributed by atoms with Gasteiger partial charge in [-0.3, -0.25) is 9.78 Å². The highest BCUT2D eigenvalue weighted by Crippen LogP contribution is 2.20. The first kappa shape index (κ1) is 21.4. The number of carbonyl (C=O) groups excluding carboxylic acids is 1. The Morgan fingerprint density at radius 1 is 0.969 bits per heavy atom. The zero-order valence-corrected chi connectivity index (χ0v) is 17.8. The molecule has 8 heteroatoms. The Kier molecular flexibility index (Phi) is 6.12. The smallest absolute Gasteiger partial charge is 0.241 e. The van der Waals surface area contributed by atoms with Crippen molar-refractivity contribution >= 4 is 37.6 Å². The van der Waals surface area contributed by atoms with E-state index in [0.717, 1.165) is 16.3 Å². The van der Waals surface area contributed by atoms with E-state index >= 15 is 0 Å². The van der Waals surface area contributed by atoms with Crippen LogP contribution in [0.25, 0.3) is 21.7 Å². The van der Waals surface area contributed by atoms with Crippen molar-refractivity contribution in [2.75, 3.05) is 6.54 Å². The van der Waals surface area contributed by atoms with E-state index in [1.54, 1.807) is 24.4 Å². The number of aromatic nitrogens is 1. The van der Waals surface area contributed by atoms with Gasteiger partial charge in [-0.15, -0.1) is 0 Å². The molecule has 1 aromatic heterocycles. The number of nitriles is 1. The summed E-state index contributed by atoms with van der Waals surface area (Å²) in [6, 6.07) is 22.4. The monoisotopic (exact) mass is 444 g/mol. The molecule has 3 aromatic carbocycles. The van der Waals surface area contributed by atoms with Crippen LogP contribution in [0.15, 0.2) is 83.9 Å². The molecular weight excluding hydrogens is 424 g/mol. The highest BCUT2D eigenvalue weighted by molar-refractivity contribution is 7.89.